The summed E-state index contributed by atoms with van der Waals surface area (Å²) in [4.78, 5) is 61.0. The van der Waals surface area contributed by atoms with Crippen molar-refractivity contribution >= 4 is 29.1 Å². The second-order valence-corrected chi connectivity index (χ2v) is 15.0. The molecule has 2 aromatic heterocycles. The lowest BCUT2D eigenvalue weighted by Crippen LogP contribution is -2.48. The van der Waals surface area contributed by atoms with Crippen molar-refractivity contribution in [1.82, 2.24) is 29.9 Å². The number of imide groups is 1. The third-order valence-electron chi connectivity index (χ3n) is 11.7. The molecule has 12 heteroatoms. The van der Waals surface area contributed by atoms with Gasteiger partial charge in [0.15, 0.2) is 0 Å². The molecule has 6 heterocycles. The zero-order valence-electron chi connectivity index (χ0n) is 29.4. The lowest BCUT2D eigenvalue weighted by Gasteiger charge is -2.47. The maximum absolute atomic E-state index is 13.6. The van der Waals surface area contributed by atoms with E-state index in [9.17, 15) is 19.2 Å². The van der Waals surface area contributed by atoms with Crippen LogP contribution in [0, 0.1) is 12.3 Å². The summed E-state index contributed by atoms with van der Waals surface area (Å²) in [6, 6.07) is 12.4. The van der Waals surface area contributed by atoms with Gasteiger partial charge in [0.2, 0.25) is 11.8 Å². The Kier molecular flexibility index (Phi) is 9.47. The molecule has 0 radical (unpaired) electrons. The van der Waals surface area contributed by atoms with Crippen molar-refractivity contribution in [2.45, 2.75) is 69.7 Å². The van der Waals surface area contributed by atoms with Gasteiger partial charge in [-0.1, -0.05) is 12.1 Å². The third-order valence-corrected chi connectivity index (χ3v) is 11.7. The standard InChI is InChI=1S/C38H48N8O4/c1-25-33(22-40-44(3)36(25)49)41-29-20-28(23-43(2)24-29)26-4-6-27(7-5-26)37(50)46-18-14-38(15-19-46)12-16-45(17-13-38)30-8-10-32(39-21-30)31-9-11-34(47)42-35(31)48/h4-8,10,21-22,28-29,31,41H,9,11-20,23-24H2,1-3H3,(H,42,47,48)/t28-,29+,31?/m0/s1. The first-order valence-corrected chi connectivity index (χ1v) is 18.0. The molecule has 3 aromatic rings. The second-order valence-electron chi connectivity index (χ2n) is 15.0. The van der Waals surface area contributed by atoms with E-state index in [2.05, 4.69) is 49.7 Å². The largest absolute Gasteiger partial charge is 0.379 e. The Labute approximate surface area is 293 Å². The van der Waals surface area contributed by atoms with E-state index >= 15 is 0 Å². The van der Waals surface area contributed by atoms with Crippen LogP contribution in [-0.2, 0) is 16.6 Å². The maximum atomic E-state index is 13.6. The first kappa shape index (κ1) is 33.9. The highest BCUT2D eigenvalue weighted by molar-refractivity contribution is 6.00. The monoisotopic (exact) mass is 680 g/mol. The number of carbonyl (C=O) groups excluding carboxylic acids is 3. The maximum Gasteiger partial charge on any atom is 0.271 e. The van der Waals surface area contributed by atoms with Gasteiger partial charge >= 0.3 is 0 Å². The fourth-order valence-corrected chi connectivity index (χ4v) is 8.45. The average molecular weight is 681 g/mol. The third kappa shape index (κ3) is 7.03. The lowest BCUT2D eigenvalue weighted by atomic mass is 9.71. The van der Waals surface area contributed by atoms with Gasteiger partial charge in [-0.3, -0.25) is 29.5 Å². The highest BCUT2D eigenvalue weighted by atomic mass is 16.2. The summed E-state index contributed by atoms with van der Waals surface area (Å²) in [5.41, 5.74) is 5.39. The normalized spacial score (nSPS) is 24.3. The summed E-state index contributed by atoms with van der Waals surface area (Å²) in [6.07, 6.45) is 9.58. The predicted molar refractivity (Wildman–Crippen MR) is 191 cm³/mol. The Morgan fingerprint density at radius 1 is 0.920 bits per heavy atom. The van der Waals surface area contributed by atoms with Crippen molar-refractivity contribution < 1.29 is 14.4 Å². The van der Waals surface area contributed by atoms with Gasteiger partial charge in [0.05, 0.1) is 35.4 Å². The summed E-state index contributed by atoms with van der Waals surface area (Å²) >= 11 is 0. The Morgan fingerprint density at radius 3 is 2.32 bits per heavy atom. The molecule has 0 aliphatic carbocycles. The molecule has 0 bridgehead atoms. The zero-order valence-corrected chi connectivity index (χ0v) is 29.4. The van der Waals surface area contributed by atoms with Crippen molar-refractivity contribution in [3.8, 4) is 0 Å². The minimum atomic E-state index is -0.367. The molecule has 4 aliphatic rings. The number of anilines is 2. The molecule has 7 rings (SSSR count). The number of piperidine rings is 4. The minimum absolute atomic E-state index is 0.0873. The second kappa shape index (κ2) is 14.0. The van der Waals surface area contributed by atoms with Crippen LogP contribution >= 0.6 is 0 Å². The number of aryl methyl sites for hydroxylation is 1. The number of benzene rings is 1. The van der Waals surface area contributed by atoms with Crippen LogP contribution in [0.3, 0.4) is 0 Å². The van der Waals surface area contributed by atoms with Crippen LogP contribution in [0.4, 0.5) is 11.4 Å². The highest BCUT2D eigenvalue weighted by Gasteiger charge is 2.39. The average Bonchev–Trinajstić information content (AvgIpc) is 3.12. The van der Waals surface area contributed by atoms with Crippen molar-refractivity contribution in [3.63, 3.8) is 0 Å². The molecule has 1 spiro atoms. The SMILES string of the molecule is Cc1c(N[C@@H]2C[C@H](c3ccc(C(=O)N4CCC5(CC4)CCN(c4ccc(C6CCC(=O)NC6=O)nc4)CC5)cc3)CN(C)C2)cnn(C)c1=O. The van der Waals surface area contributed by atoms with E-state index < -0.39 is 0 Å². The molecule has 4 fully saturated rings. The number of carbonyl (C=O) groups is 3. The number of likely N-dealkylation sites (tertiary alicyclic amines) is 2. The quantitative estimate of drug-likeness (QED) is 0.376. The summed E-state index contributed by atoms with van der Waals surface area (Å²) in [6.45, 7) is 7.11. The van der Waals surface area contributed by atoms with Crippen molar-refractivity contribution in [3.05, 3.63) is 81.5 Å². The van der Waals surface area contributed by atoms with Crippen LogP contribution < -0.4 is 21.1 Å². The van der Waals surface area contributed by atoms with E-state index in [4.69, 9.17) is 0 Å². The number of nitrogens with one attached hydrogen (secondary N) is 2. The molecular weight excluding hydrogens is 632 g/mol. The molecule has 264 valence electrons. The first-order chi connectivity index (χ1) is 24.1. The molecule has 2 N–H and O–H groups in total. The Balaban J connectivity index is 0.901. The highest BCUT2D eigenvalue weighted by Crippen LogP contribution is 2.42. The smallest absolute Gasteiger partial charge is 0.271 e. The minimum Gasteiger partial charge on any atom is -0.379 e. The molecule has 1 aromatic carbocycles. The van der Waals surface area contributed by atoms with Gasteiger partial charge < -0.3 is 20.0 Å². The molecule has 4 aliphatic heterocycles. The fraction of sp³-hybridized carbons (Fsp3) is 0.526. The Bertz CT molecular complexity index is 1790. The molecule has 50 heavy (non-hydrogen) atoms. The topological polar surface area (TPSA) is 133 Å². The van der Waals surface area contributed by atoms with E-state index in [1.54, 1.807) is 13.2 Å². The fourth-order valence-electron chi connectivity index (χ4n) is 8.45. The summed E-state index contributed by atoms with van der Waals surface area (Å²) in [7, 11) is 3.79. The number of hydrogen-bond donors (Lipinski definition) is 2. The van der Waals surface area contributed by atoms with Gasteiger partial charge in [-0.05, 0) is 93.7 Å². The molecule has 0 saturated carbocycles. The number of hydrogen-bond acceptors (Lipinski definition) is 9. The lowest BCUT2D eigenvalue weighted by molar-refractivity contribution is -0.134. The van der Waals surface area contributed by atoms with Gasteiger partial charge in [-0.25, -0.2) is 4.68 Å². The summed E-state index contributed by atoms with van der Waals surface area (Å²) in [5, 5.41) is 10.2. The molecule has 3 atom stereocenters. The number of likely N-dealkylation sites (N-methyl/N-ethyl adjacent to an activating group) is 1. The van der Waals surface area contributed by atoms with Gasteiger partial charge in [0.1, 0.15) is 0 Å². The number of amides is 3. The Morgan fingerprint density at radius 2 is 1.64 bits per heavy atom. The van der Waals surface area contributed by atoms with Crippen LogP contribution in [0.25, 0.3) is 0 Å². The molecule has 3 amide bonds. The molecule has 1 unspecified atom stereocenters. The molecule has 4 saturated heterocycles. The van der Waals surface area contributed by atoms with E-state index in [-0.39, 0.29) is 40.7 Å². The van der Waals surface area contributed by atoms with E-state index in [1.807, 2.05) is 42.3 Å². The van der Waals surface area contributed by atoms with Gasteiger partial charge in [0.25, 0.3) is 11.5 Å². The predicted octanol–water partition coefficient (Wildman–Crippen LogP) is 3.43. The number of aromatic nitrogens is 3. The van der Waals surface area contributed by atoms with Gasteiger partial charge in [0, 0.05) is 69.9 Å². The number of pyridine rings is 1. The number of rotatable bonds is 6. The van der Waals surface area contributed by atoms with Crippen molar-refractivity contribution in [2.75, 3.05) is 56.5 Å². The van der Waals surface area contributed by atoms with Crippen LogP contribution in [0.1, 0.15) is 84.0 Å². The van der Waals surface area contributed by atoms with Gasteiger partial charge in [-0.2, -0.15) is 5.10 Å². The zero-order chi connectivity index (χ0) is 35.0. The summed E-state index contributed by atoms with van der Waals surface area (Å²) in [5.74, 6) is -0.412. The van der Waals surface area contributed by atoms with E-state index in [0.29, 0.717) is 30.0 Å². The molecular formula is C38H48N8O4. The number of nitrogens with zero attached hydrogens (tertiary/aromatic N) is 6. The molecule has 12 nitrogen and oxygen atoms in total. The van der Waals surface area contributed by atoms with Crippen molar-refractivity contribution in [1.29, 1.82) is 0 Å². The summed E-state index contributed by atoms with van der Waals surface area (Å²) < 4.78 is 1.36. The first-order valence-electron chi connectivity index (χ1n) is 18.0. The van der Waals surface area contributed by atoms with Crippen LogP contribution in [0.5, 0.6) is 0 Å². The van der Waals surface area contributed by atoms with Crippen LogP contribution in [0.2, 0.25) is 0 Å². The van der Waals surface area contributed by atoms with Crippen LogP contribution in [-0.4, -0.2) is 94.6 Å². The van der Waals surface area contributed by atoms with E-state index in [1.165, 1.54) is 10.2 Å². The van der Waals surface area contributed by atoms with Crippen LogP contribution in [0.15, 0.2) is 53.6 Å². The Hall–Kier alpha value is -4.58. The van der Waals surface area contributed by atoms with Crippen molar-refractivity contribution in [2.24, 2.45) is 12.5 Å². The van der Waals surface area contributed by atoms with Gasteiger partial charge in [-0.15, -0.1) is 0 Å². The van der Waals surface area contributed by atoms with E-state index in [0.717, 1.165) is 88.3 Å².